The Morgan fingerprint density at radius 1 is 1.15 bits per heavy atom. The van der Waals surface area contributed by atoms with Crippen molar-refractivity contribution in [3.8, 4) is 0 Å². The first-order chi connectivity index (χ1) is 12.9. The maximum absolute atomic E-state index is 13.0. The predicted molar refractivity (Wildman–Crippen MR) is 92.2 cm³/mol. The summed E-state index contributed by atoms with van der Waals surface area (Å²) in [4.78, 5) is 20.7. The van der Waals surface area contributed by atoms with Gasteiger partial charge in [-0.05, 0) is 31.0 Å². The van der Waals surface area contributed by atoms with E-state index in [4.69, 9.17) is 0 Å². The molecule has 0 N–H and O–H groups in total. The van der Waals surface area contributed by atoms with Crippen molar-refractivity contribution in [3.05, 3.63) is 41.9 Å². The summed E-state index contributed by atoms with van der Waals surface area (Å²) in [5.74, 6) is 0.749. The number of hydrogen-bond acceptors (Lipinski definition) is 4. The lowest BCUT2D eigenvalue weighted by Gasteiger charge is -2.35. The van der Waals surface area contributed by atoms with Crippen LogP contribution in [0.5, 0.6) is 0 Å². The number of carbonyl (C=O) groups is 1. The van der Waals surface area contributed by atoms with Gasteiger partial charge in [-0.3, -0.25) is 9.48 Å². The molecule has 6 nitrogen and oxygen atoms in total. The maximum atomic E-state index is 13.0. The van der Waals surface area contributed by atoms with Crippen molar-refractivity contribution in [2.45, 2.75) is 31.5 Å². The van der Waals surface area contributed by atoms with Gasteiger partial charge in [0.05, 0.1) is 0 Å². The smallest absolute Gasteiger partial charge is 0.353 e. The Morgan fingerprint density at radius 3 is 2.48 bits per heavy atom. The zero-order valence-electron chi connectivity index (χ0n) is 14.7. The second kappa shape index (κ2) is 6.86. The third-order valence-electron chi connectivity index (χ3n) is 4.99. The van der Waals surface area contributed by atoms with Gasteiger partial charge in [-0.1, -0.05) is 6.07 Å². The van der Waals surface area contributed by atoms with E-state index in [-0.39, 0.29) is 18.4 Å². The highest BCUT2D eigenvalue weighted by Crippen LogP contribution is 2.42. The van der Waals surface area contributed by atoms with Crippen LogP contribution in [0, 0.1) is 0 Å². The van der Waals surface area contributed by atoms with Crippen molar-refractivity contribution in [1.82, 2.24) is 19.7 Å². The molecule has 1 saturated heterocycles. The molecule has 1 aliphatic carbocycles. The van der Waals surface area contributed by atoms with Crippen molar-refractivity contribution in [2.24, 2.45) is 0 Å². The van der Waals surface area contributed by atoms with Crippen molar-refractivity contribution < 1.29 is 18.0 Å². The van der Waals surface area contributed by atoms with Gasteiger partial charge in [0.1, 0.15) is 12.4 Å². The van der Waals surface area contributed by atoms with Crippen molar-refractivity contribution in [3.63, 3.8) is 0 Å². The summed E-state index contributed by atoms with van der Waals surface area (Å²) in [7, 11) is 0. The molecule has 2 fully saturated rings. The summed E-state index contributed by atoms with van der Waals surface area (Å²) in [6.45, 7) is 2.17. The van der Waals surface area contributed by atoms with Crippen molar-refractivity contribution >= 4 is 11.7 Å². The first-order valence-corrected chi connectivity index (χ1v) is 9.00. The Morgan fingerprint density at radius 2 is 1.89 bits per heavy atom. The van der Waals surface area contributed by atoms with Gasteiger partial charge in [-0.2, -0.15) is 18.3 Å². The number of amides is 1. The molecule has 4 rings (SSSR count). The standard InChI is InChI=1S/C18H20F3N5O/c19-18(20,21)15-11-14(13-4-5-13)26(23-15)12-17(27)25-9-7-24(8-10-25)16-3-1-2-6-22-16/h1-3,6,11,13H,4-5,7-10,12H2. The largest absolute Gasteiger partial charge is 0.435 e. The van der Waals surface area contributed by atoms with E-state index in [1.807, 2.05) is 18.2 Å². The van der Waals surface area contributed by atoms with Crippen LogP contribution < -0.4 is 4.90 Å². The average Bonchev–Trinajstić information content (AvgIpc) is 3.42. The van der Waals surface area contributed by atoms with Crippen LogP contribution >= 0.6 is 0 Å². The molecule has 1 saturated carbocycles. The lowest BCUT2D eigenvalue weighted by Crippen LogP contribution is -2.50. The third-order valence-corrected chi connectivity index (χ3v) is 4.99. The fourth-order valence-corrected chi connectivity index (χ4v) is 3.36. The minimum atomic E-state index is -4.49. The van der Waals surface area contributed by atoms with Gasteiger partial charge >= 0.3 is 6.18 Å². The molecule has 0 atom stereocenters. The number of aromatic nitrogens is 3. The molecule has 1 amide bonds. The highest BCUT2D eigenvalue weighted by atomic mass is 19.4. The molecule has 2 aliphatic rings. The molecule has 9 heteroatoms. The molecular weight excluding hydrogens is 359 g/mol. The zero-order chi connectivity index (χ0) is 19.0. The zero-order valence-corrected chi connectivity index (χ0v) is 14.7. The Bertz CT molecular complexity index is 808. The maximum Gasteiger partial charge on any atom is 0.435 e. The SMILES string of the molecule is O=C(Cn1nc(C(F)(F)F)cc1C1CC1)N1CCN(c2ccccn2)CC1. The molecule has 144 valence electrons. The quantitative estimate of drug-likeness (QED) is 0.819. The first-order valence-electron chi connectivity index (χ1n) is 9.00. The van der Waals surface area contributed by atoms with Crippen molar-refractivity contribution in [1.29, 1.82) is 0 Å². The molecule has 1 aliphatic heterocycles. The monoisotopic (exact) mass is 379 g/mol. The summed E-state index contributed by atoms with van der Waals surface area (Å²) in [5, 5.41) is 3.66. The summed E-state index contributed by atoms with van der Waals surface area (Å²) >= 11 is 0. The molecule has 0 radical (unpaired) electrons. The molecule has 3 heterocycles. The van der Waals surface area contributed by atoms with Crippen LogP contribution in [-0.4, -0.2) is 51.8 Å². The predicted octanol–water partition coefficient (Wildman–Crippen LogP) is 2.52. The van der Waals surface area contributed by atoms with Gasteiger partial charge in [0.25, 0.3) is 0 Å². The van der Waals surface area contributed by atoms with E-state index >= 15 is 0 Å². The lowest BCUT2D eigenvalue weighted by atomic mass is 10.2. The van der Waals surface area contributed by atoms with Crippen molar-refractivity contribution in [2.75, 3.05) is 31.1 Å². The topological polar surface area (TPSA) is 54.3 Å². The number of carbonyl (C=O) groups excluding carboxylic acids is 1. The van der Waals surface area contributed by atoms with Gasteiger partial charge in [-0.25, -0.2) is 4.98 Å². The summed E-state index contributed by atoms with van der Waals surface area (Å²) in [6.07, 6.45) is -1.08. The van der Waals surface area contributed by atoms with Crippen LogP contribution in [0.2, 0.25) is 0 Å². The molecular formula is C18H20F3N5O. The molecule has 2 aromatic heterocycles. The number of piperazine rings is 1. The second-order valence-corrected chi connectivity index (χ2v) is 6.94. The first kappa shape index (κ1) is 17.8. The average molecular weight is 379 g/mol. The van der Waals surface area contributed by atoms with Crippen LogP contribution in [0.1, 0.15) is 30.1 Å². The Balaban J connectivity index is 1.41. The number of rotatable bonds is 4. The van der Waals surface area contributed by atoms with E-state index in [9.17, 15) is 18.0 Å². The van der Waals surface area contributed by atoms with E-state index in [0.717, 1.165) is 24.7 Å². The molecule has 27 heavy (non-hydrogen) atoms. The van der Waals surface area contributed by atoms with Crippen LogP contribution in [-0.2, 0) is 17.5 Å². The van der Waals surface area contributed by atoms with Gasteiger partial charge in [0.2, 0.25) is 5.91 Å². The van der Waals surface area contributed by atoms with Gasteiger partial charge in [-0.15, -0.1) is 0 Å². The molecule has 0 unspecified atom stereocenters. The Hall–Kier alpha value is -2.58. The fraction of sp³-hybridized carbons (Fsp3) is 0.500. The summed E-state index contributed by atoms with van der Waals surface area (Å²) in [6, 6.07) is 6.76. The van der Waals surface area contributed by atoms with E-state index in [0.29, 0.717) is 31.9 Å². The van der Waals surface area contributed by atoms with E-state index in [1.165, 1.54) is 4.68 Å². The second-order valence-electron chi connectivity index (χ2n) is 6.94. The minimum absolute atomic E-state index is 0.0856. The van der Waals surface area contributed by atoms with Crippen LogP contribution in [0.3, 0.4) is 0 Å². The van der Waals surface area contributed by atoms with Gasteiger partial charge in [0, 0.05) is 44.0 Å². The number of alkyl halides is 3. The highest BCUT2D eigenvalue weighted by molar-refractivity contribution is 5.76. The molecule has 0 spiro atoms. The number of hydrogen-bond donors (Lipinski definition) is 0. The van der Waals surface area contributed by atoms with Gasteiger partial charge in [0.15, 0.2) is 5.69 Å². The third kappa shape index (κ3) is 3.91. The summed E-state index contributed by atoms with van der Waals surface area (Å²) < 4.78 is 40.2. The number of pyridine rings is 1. The highest BCUT2D eigenvalue weighted by Gasteiger charge is 2.38. The number of anilines is 1. The molecule has 2 aromatic rings. The van der Waals surface area contributed by atoms with E-state index in [1.54, 1.807) is 11.1 Å². The van der Waals surface area contributed by atoms with Crippen LogP contribution in [0.4, 0.5) is 19.0 Å². The fourth-order valence-electron chi connectivity index (χ4n) is 3.36. The van der Waals surface area contributed by atoms with E-state index < -0.39 is 11.9 Å². The van der Waals surface area contributed by atoms with E-state index in [2.05, 4.69) is 15.0 Å². The Kier molecular flexibility index (Phi) is 4.53. The summed E-state index contributed by atoms with van der Waals surface area (Å²) in [5.41, 5.74) is -0.403. The Labute approximate surface area is 154 Å². The van der Waals surface area contributed by atoms with Crippen LogP contribution in [0.15, 0.2) is 30.5 Å². The number of nitrogens with zero attached hydrogens (tertiary/aromatic N) is 5. The normalized spacial score (nSPS) is 18.0. The van der Waals surface area contributed by atoms with Gasteiger partial charge < -0.3 is 9.80 Å². The van der Waals surface area contributed by atoms with Crippen LogP contribution in [0.25, 0.3) is 0 Å². The number of halogens is 3. The molecule has 0 bridgehead atoms. The molecule has 0 aromatic carbocycles. The lowest BCUT2D eigenvalue weighted by molar-refractivity contribution is -0.142. The minimum Gasteiger partial charge on any atom is -0.353 e.